The summed E-state index contributed by atoms with van der Waals surface area (Å²) in [5, 5.41) is 0. The lowest BCUT2D eigenvalue weighted by Crippen LogP contribution is -1.77. The molecule has 0 aromatic rings. The van der Waals surface area contributed by atoms with E-state index in [0.717, 1.165) is 17.8 Å². The smallest absolute Gasteiger partial charge is 0.0414 e. The quantitative estimate of drug-likeness (QED) is 0.532. The Morgan fingerprint density at radius 3 is 1.36 bits per heavy atom. The van der Waals surface area contributed by atoms with E-state index in [0.29, 0.717) is 0 Å². The van der Waals surface area contributed by atoms with E-state index in [1.807, 2.05) is 0 Å². The minimum atomic E-state index is 0. The van der Waals surface area contributed by atoms with Gasteiger partial charge in [0.05, 0.1) is 0 Å². The Morgan fingerprint density at radius 1 is 1.18 bits per heavy atom. The van der Waals surface area contributed by atoms with Crippen LogP contribution in [0, 0.1) is 17.8 Å². The molecule has 11 heavy (non-hydrogen) atoms. The van der Waals surface area contributed by atoms with Gasteiger partial charge >= 0.3 is 0 Å². The topological polar surface area (TPSA) is 0 Å². The van der Waals surface area contributed by atoms with E-state index in [2.05, 4.69) is 34.6 Å². The Morgan fingerprint density at radius 2 is 1.36 bits per heavy atom. The molecule has 0 radical (unpaired) electrons. The summed E-state index contributed by atoms with van der Waals surface area (Å²) in [6.07, 6.45) is 2.78. The molecule has 1 fully saturated rings. The van der Waals surface area contributed by atoms with Crippen molar-refractivity contribution < 1.29 is 0 Å². The van der Waals surface area contributed by atoms with Crippen molar-refractivity contribution in [3.05, 3.63) is 0 Å². The molecule has 0 spiro atoms. The molecule has 0 bridgehead atoms. The van der Waals surface area contributed by atoms with Gasteiger partial charge in [-0.15, -0.1) is 0 Å². The molecule has 0 nitrogen and oxygen atoms in total. The van der Waals surface area contributed by atoms with E-state index < -0.39 is 0 Å². The summed E-state index contributed by atoms with van der Waals surface area (Å²) in [7, 11) is 0. The standard InChI is InChI=1S/C5H10.C5H12.CH4/c1-4-3-5(4)2;1-4-5(2)3;/h4-5H,3H2,1-2H3;5H,4H2,1-3H3;1H4. The Bertz CT molecular complexity index is 64.1. The third kappa shape index (κ3) is 10.0. The fraction of sp³-hybridized carbons (Fsp3) is 1.00. The summed E-state index contributed by atoms with van der Waals surface area (Å²) in [6.45, 7) is 11.2. The van der Waals surface area contributed by atoms with Gasteiger partial charge in [0.15, 0.2) is 0 Å². The zero-order valence-corrected chi connectivity index (χ0v) is 8.15. The summed E-state index contributed by atoms with van der Waals surface area (Å²) in [5.74, 6) is 2.99. The van der Waals surface area contributed by atoms with Crippen molar-refractivity contribution in [2.45, 2.75) is 54.9 Å². The van der Waals surface area contributed by atoms with Crippen LogP contribution in [0.15, 0.2) is 0 Å². The van der Waals surface area contributed by atoms with E-state index in [-0.39, 0.29) is 7.43 Å². The molecule has 1 rings (SSSR count). The molecule has 0 aromatic heterocycles. The van der Waals surface area contributed by atoms with Crippen LogP contribution in [0.1, 0.15) is 54.9 Å². The van der Waals surface area contributed by atoms with Gasteiger partial charge in [0, 0.05) is 0 Å². The lowest BCUT2D eigenvalue weighted by atomic mass is 10.2. The monoisotopic (exact) mass is 158 g/mol. The number of hydrogen-bond donors (Lipinski definition) is 0. The van der Waals surface area contributed by atoms with Crippen LogP contribution in [0.3, 0.4) is 0 Å². The minimum Gasteiger partial charge on any atom is -0.0776 e. The molecule has 0 aliphatic heterocycles. The van der Waals surface area contributed by atoms with Gasteiger partial charge in [-0.05, 0) is 24.2 Å². The fourth-order valence-electron chi connectivity index (χ4n) is 0.508. The molecule has 0 aromatic carbocycles. The highest BCUT2D eigenvalue weighted by molar-refractivity contribution is 4.76. The summed E-state index contributed by atoms with van der Waals surface area (Å²) >= 11 is 0. The zero-order valence-electron chi connectivity index (χ0n) is 8.15. The molecular weight excluding hydrogens is 132 g/mol. The van der Waals surface area contributed by atoms with E-state index in [1.54, 1.807) is 0 Å². The van der Waals surface area contributed by atoms with Gasteiger partial charge in [-0.3, -0.25) is 0 Å². The van der Waals surface area contributed by atoms with E-state index >= 15 is 0 Å². The van der Waals surface area contributed by atoms with Gasteiger partial charge in [0.25, 0.3) is 0 Å². The predicted octanol–water partition coefficient (Wildman–Crippen LogP) is 4.35. The summed E-state index contributed by atoms with van der Waals surface area (Å²) in [6, 6.07) is 0. The van der Waals surface area contributed by atoms with Gasteiger partial charge in [-0.1, -0.05) is 48.5 Å². The Labute approximate surface area is 73.4 Å². The van der Waals surface area contributed by atoms with Crippen LogP contribution >= 0.6 is 0 Å². The molecule has 2 atom stereocenters. The highest BCUT2D eigenvalue weighted by atomic mass is 14.3. The van der Waals surface area contributed by atoms with Crippen LogP contribution in [0.25, 0.3) is 0 Å². The molecule has 1 saturated carbocycles. The SMILES string of the molecule is C.CC1CC1C.CCC(C)C. The fourth-order valence-corrected chi connectivity index (χ4v) is 0.508. The Balaban J connectivity index is 0. The molecule has 0 heterocycles. The van der Waals surface area contributed by atoms with Crippen molar-refractivity contribution in [2.75, 3.05) is 0 Å². The van der Waals surface area contributed by atoms with E-state index in [1.165, 1.54) is 12.8 Å². The molecule has 1 aliphatic carbocycles. The first-order valence-corrected chi connectivity index (χ1v) is 4.57. The molecule has 70 valence electrons. The van der Waals surface area contributed by atoms with Crippen molar-refractivity contribution in [3.63, 3.8) is 0 Å². The lowest BCUT2D eigenvalue weighted by Gasteiger charge is -1.90. The average Bonchev–Trinajstić information content (AvgIpc) is 2.47. The van der Waals surface area contributed by atoms with E-state index in [9.17, 15) is 0 Å². The van der Waals surface area contributed by atoms with E-state index in [4.69, 9.17) is 0 Å². The maximum atomic E-state index is 2.30. The molecule has 0 saturated heterocycles. The molecular formula is C11H26. The molecule has 0 N–H and O–H groups in total. The van der Waals surface area contributed by atoms with Crippen LogP contribution < -0.4 is 0 Å². The highest BCUT2D eigenvalue weighted by Crippen LogP contribution is 2.36. The van der Waals surface area contributed by atoms with Gasteiger partial charge in [-0.25, -0.2) is 0 Å². The molecule has 2 unspecified atom stereocenters. The van der Waals surface area contributed by atoms with Crippen molar-refractivity contribution in [3.8, 4) is 0 Å². The maximum absolute atomic E-state index is 2.30. The molecule has 0 amide bonds. The first kappa shape index (κ1) is 13.6. The second kappa shape index (κ2) is 6.69. The van der Waals surface area contributed by atoms with Crippen LogP contribution in [-0.4, -0.2) is 0 Å². The van der Waals surface area contributed by atoms with Crippen molar-refractivity contribution >= 4 is 0 Å². The van der Waals surface area contributed by atoms with Gasteiger partial charge in [-0.2, -0.15) is 0 Å². The van der Waals surface area contributed by atoms with Gasteiger partial charge in [0.2, 0.25) is 0 Å². The van der Waals surface area contributed by atoms with Crippen LogP contribution in [0.5, 0.6) is 0 Å². The summed E-state index contributed by atoms with van der Waals surface area (Å²) in [5.41, 5.74) is 0. The largest absolute Gasteiger partial charge is 0.0776 e. The highest BCUT2D eigenvalue weighted by Gasteiger charge is 2.26. The minimum absolute atomic E-state index is 0. The normalized spacial score (nSPS) is 26.7. The zero-order chi connectivity index (χ0) is 8.15. The van der Waals surface area contributed by atoms with Crippen LogP contribution in [0.4, 0.5) is 0 Å². The van der Waals surface area contributed by atoms with Crippen molar-refractivity contribution in [1.29, 1.82) is 0 Å². The molecule has 0 heteroatoms. The Kier molecular flexibility index (Phi) is 8.26. The lowest BCUT2D eigenvalue weighted by molar-refractivity contribution is 0.626. The first-order chi connectivity index (χ1) is 4.57. The first-order valence-electron chi connectivity index (χ1n) is 4.57. The second-order valence-corrected chi connectivity index (χ2v) is 3.99. The van der Waals surface area contributed by atoms with Crippen molar-refractivity contribution in [2.24, 2.45) is 17.8 Å². The van der Waals surface area contributed by atoms with Gasteiger partial charge < -0.3 is 0 Å². The van der Waals surface area contributed by atoms with Crippen molar-refractivity contribution in [1.82, 2.24) is 0 Å². The Hall–Kier alpha value is 0. The maximum Gasteiger partial charge on any atom is -0.0414 e. The number of hydrogen-bond acceptors (Lipinski definition) is 0. The average molecular weight is 158 g/mol. The molecule has 1 aliphatic rings. The third-order valence-electron chi connectivity index (χ3n) is 2.33. The van der Waals surface area contributed by atoms with Crippen LogP contribution in [-0.2, 0) is 0 Å². The van der Waals surface area contributed by atoms with Crippen LogP contribution in [0.2, 0.25) is 0 Å². The van der Waals surface area contributed by atoms with Gasteiger partial charge in [0.1, 0.15) is 0 Å². The third-order valence-corrected chi connectivity index (χ3v) is 2.33. The number of rotatable bonds is 1. The summed E-state index contributed by atoms with van der Waals surface area (Å²) < 4.78 is 0. The second-order valence-electron chi connectivity index (χ2n) is 3.99. The summed E-state index contributed by atoms with van der Waals surface area (Å²) in [4.78, 5) is 0. The predicted molar refractivity (Wildman–Crippen MR) is 54.8 cm³/mol.